The maximum absolute atomic E-state index is 3.38. The highest BCUT2D eigenvalue weighted by atomic mass is 15.1. The summed E-state index contributed by atoms with van der Waals surface area (Å²) in [6, 6.07) is 9.24. The van der Waals surface area contributed by atoms with Crippen LogP contribution in [0.4, 0.5) is 5.69 Å². The molecule has 0 saturated heterocycles. The predicted octanol–water partition coefficient (Wildman–Crippen LogP) is 4.87. The Labute approximate surface area is 131 Å². The second kappa shape index (κ2) is 9.09. The molecule has 1 aromatic carbocycles. The van der Waals surface area contributed by atoms with Crippen molar-refractivity contribution >= 4 is 5.69 Å². The van der Waals surface area contributed by atoms with E-state index in [4.69, 9.17) is 0 Å². The fraction of sp³-hybridized carbons (Fsp3) is 0.684. The van der Waals surface area contributed by atoms with E-state index in [1.807, 2.05) is 7.05 Å². The van der Waals surface area contributed by atoms with E-state index >= 15 is 0 Å². The van der Waals surface area contributed by atoms with Crippen LogP contribution < -0.4 is 10.2 Å². The SMILES string of the molecule is CNC(C)c1ccccc1N(CCC(C)C)CCC(C)C. The van der Waals surface area contributed by atoms with Gasteiger partial charge in [0.25, 0.3) is 0 Å². The smallest absolute Gasteiger partial charge is 0.0414 e. The quantitative estimate of drug-likeness (QED) is 0.698. The Balaban J connectivity index is 2.95. The molecule has 0 aliphatic carbocycles. The van der Waals surface area contributed by atoms with Gasteiger partial charge in [-0.25, -0.2) is 0 Å². The van der Waals surface area contributed by atoms with Gasteiger partial charge < -0.3 is 10.2 Å². The summed E-state index contributed by atoms with van der Waals surface area (Å²) >= 11 is 0. The average molecular weight is 290 g/mol. The summed E-state index contributed by atoms with van der Waals surface area (Å²) in [6.45, 7) is 13.8. The van der Waals surface area contributed by atoms with E-state index in [1.54, 1.807) is 0 Å². The third kappa shape index (κ3) is 6.09. The molecule has 0 heterocycles. The van der Waals surface area contributed by atoms with Crippen LogP contribution in [0.2, 0.25) is 0 Å². The second-order valence-electron chi connectivity index (χ2n) is 6.92. The normalized spacial score (nSPS) is 13.0. The molecule has 0 amide bonds. The van der Waals surface area contributed by atoms with E-state index in [-0.39, 0.29) is 0 Å². The molecule has 2 heteroatoms. The molecule has 0 aliphatic rings. The predicted molar refractivity (Wildman–Crippen MR) is 95.0 cm³/mol. The Morgan fingerprint density at radius 2 is 1.43 bits per heavy atom. The zero-order valence-corrected chi connectivity index (χ0v) is 14.8. The maximum Gasteiger partial charge on any atom is 0.0414 e. The third-order valence-corrected chi connectivity index (χ3v) is 4.13. The van der Waals surface area contributed by atoms with E-state index in [0.717, 1.165) is 24.9 Å². The second-order valence-corrected chi connectivity index (χ2v) is 6.92. The minimum absolute atomic E-state index is 0.391. The van der Waals surface area contributed by atoms with E-state index in [9.17, 15) is 0 Å². The maximum atomic E-state index is 3.38. The van der Waals surface area contributed by atoms with Crippen molar-refractivity contribution < 1.29 is 0 Å². The monoisotopic (exact) mass is 290 g/mol. The molecule has 0 aliphatic heterocycles. The topological polar surface area (TPSA) is 15.3 Å². The van der Waals surface area contributed by atoms with Crippen molar-refractivity contribution in [3.8, 4) is 0 Å². The summed E-state index contributed by atoms with van der Waals surface area (Å²) in [6.07, 6.45) is 2.50. The summed E-state index contributed by atoms with van der Waals surface area (Å²) in [4.78, 5) is 2.59. The van der Waals surface area contributed by atoms with Gasteiger partial charge in [0.2, 0.25) is 0 Å². The summed E-state index contributed by atoms with van der Waals surface area (Å²) in [5.41, 5.74) is 2.81. The molecule has 0 saturated carbocycles. The number of benzene rings is 1. The van der Waals surface area contributed by atoms with Crippen molar-refractivity contribution in [2.45, 2.75) is 53.5 Å². The van der Waals surface area contributed by atoms with Crippen LogP contribution >= 0.6 is 0 Å². The molecule has 1 atom stereocenters. The van der Waals surface area contributed by atoms with E-state index in [2.05, 4.69) is 69.1 Å². The van der Waals surface area contributed by atoms with Gasteiger partial charge in [-0.1, -0.05) is 45.9 Å². The van der Waals surface area contributed by atoms with Crippen LogP contribution in [0.5, 0.6) is 0 Å². The number of nitrogens with one attached hydrogen (secondary N) is 1. The lowest BCUT2D eigenvalue weighted by Gasteiger charge is -2.30. The lowest BCUT2D eigenvalue weighted by molar-refractivity contribution is 0.532. The molecular formula is C19H34N2. The minimum atomic E-state index is 0.391. The van der Waals surface area contributed by atoms with Gasteiger partial charge in [0.05, 0.1) is 0 Å². The Kier molecular flexibility index (Phi) is 7.81. The third-order valence-electron chi connectivity index (χ3n) is 4.13. The average Bonchev–Trinajstić information content (AvgIpc) is 2.46. The highest BCUT2D eigenvalue weighted by Gasteiger charge is 2.15. The van der Waals surface area contributed by atoms with Crippen LogP contribution in [0.1, 0.15) is 59.1 Å². The number of hydrogen-bond acceptors (Lipinski definition) is 2. The number of para-hydroxylation sites is 1. The Morgan fingerprint density at radius 1 is 0.905 bits per heavy atom. The zero-order valence-electron chi connectivity index (χ0n) is 14.8. The van der Waals surface area contributed by atoms with Gasteiger partial charge in [-0.2, -0.15) is 0 Å². The van der Waals surface area contributed by atoms with Crippen molar-refractivity contribution in [3.05, 3.63) is 29.8 Å². The minimum Gasteiger partial charge on any atom is -0.371 e. The largest absolute Gasteiger partial charge is 0.371 e. The highest BCUT2D eigenvalue weighted by Crippen LogP contribution is 2.27. The van der Waals surface area contributed by atoms with Crippen molar-refractivity contribution in [2.24, 2.45) is 11.8 Å². The lowest BCUT2D eigenvalue weighted by atomic mass is 10.0. The molecule has 1 rings (SSSR count). The van der Waals surface area contributed by atoms with Crippen molar-refractivity contribution in [2.75, 3.05) is 25.0 Å². The fourth-order valence-corrected chi connectivity index (χ4v) is 2.48. The number of anilines is 1. The Bertz CT molecular complexity index is 386. The van der Waals surface area contributed by atoms with Crippen LogP contribution in [0.25, 0.3) is 0 Å². The zero-order chi connectivity index (χ0) is 15.8. The van der Waals surface area contributed by atoms with E-state index in [0.29, 0.717) is 6.04 Å². The summed E-state index contributed by atoms with van der Waals surface area (Å²) in [7, 11) is 2.04. The van der Waals surface area contributed by atoms with Gasteiger partial charge >= 0.3 is 0 Å². The van der Waals surface area contributed by atoms with Crippen LogP contribution in [-0.4, -0.2) is 20.1 Å². The summed E-state index contributed by atoms with van der Waals surface area (Å²) in [5, 5.41) is 3.38. The van der Waals surface area contributed by atoms with Gasteiger partial charge in [0, 0.05) is 24.8 Å². The van der Waals surface area contributed by atoms with Gasteiger partial charge in [-0.3, -0.25) is 0 Å². The van der Waals surface area contributed by atoms with Gasteiger partial charge in [0.1, 0.15) is 0 Å². The Hall–Kier alpha value is -1.02. The molecule has 120 valence electrons. The van der Waals surface area contributed by atoms with Crippen LogP contribution in [0, 0.1) is 11.8 Å². The van der Waals surface area contributed by atoms with Crippen molar-refractivity contribution in [1.82, 2.24) is 5.32 Å². The number of rotatable bonds is 9. The molecule has 1 unspecified atom stereocenters. The van der Waals surface area contributed by atoms with Crippen LogP contribution in [0.3, 0.4) is 0 Å². The van der Waals surface area contributed by atoms with E-state index < -0.39 is 0 Å². The van der Waals surface area contributed by atoms with Crippen molar-refractivity contribution in [1.29, 1.82) is 0 Å². The molecule has 0 aromatic heterocycles. The summed E-state index contributed by atoms with van der Waals surface area (Å²) < 4.78 is 0. The molecule has 0 radical (unpaired) electrons. The van der Waals surface area contributed by atoms with Gasteiger partial charge in [0.15, 0.2) is 0 Å². The molecule has 21 heavy (non-hydrogen) atoms. The molecule has 0 fully saturated rings. The number of nitrogens with zero attached hydrogens (tertiary/aromatic N) is 1. The first-order valence-corrected chi connectivity index (χ1v) is 8.46. The lowest BCUT2D eigenvalue weighted by Crippen LogP contribution is -2.29. The fourth-order valence-electron chi connectivity index (χ4n) is 2.48. The molecule has 2 nitrogen and oxygen atoms in total. The van der Waals surface area contributed by atoms with Crippen LogP contribution in [-0.2, 0) is 0 Å². The summed E-state index contributed by atoms with van der Waals surface area (Å²) in [5.74, 6) is 1.50. The Morgan fingerprint density at radius 3 is 1.90 bits per heavy atom. The molecule has 0 bridgehead atoms. The number of hydrogen-bond donors (Lipinski definition) is 1. The van der Waals surface area contributed by atoms with Crippen molar-refractivity contribution in [3.63, 3.8) is 0 Å². The first-order valence-electron chi connectivity index (χ1n) is 8.46. The molecule has 1 aromatic rings. The molecular weight excluding hydrogens is 256 g/mol. The van der Waals surface area contributed by atoms with Gasteiger partial charge in [-0.15, -0.1) is 0 Å². The first-order chi connectivity index (χ1) is 9.95. The molecule has 0 spiro atoms. The molecule has 1 N–H and O–H groups in total. The first kappa shape index (κ1) is 18.0. The van der Waals surface area contributed by atoms with Gasteiger partial charge in [-0.05, 0) is 50.3 Å². The van der Waals surface area contributed by atoms with Crippen LogP contribution in [0.15, 0.2) is 24.3 Å². The van der Waals surface area contributed by atoms with E-state index in [1.165, 1.54) is 24.1 Å². The highest BCUT2D eigenvalue weighted by molar-refractivity contribution is 5.55. The standard InChI is InChI=1S/C19H34N2/c1-15(2)11-13-21(14-12-16(3)4)19-10-8-7-9-18(19)17(5)20-6/h7-10,15-17,20H,11-14H2,1-6H3.